The normalized spacial score (nSPS) is 14.7. The number of benzene rings is 1. The Bertz CT molecular complexity index is 521. The lowest BCUT2D eigenvalue weighted by Crippen LogP contribution is -2.39. The number of hydrogen-bond donors (Lipinski definition) is 3. The number of amides is 1. The van der Waals surface area contributed by atoms with E-state index >= 15 is 0 Å². The minimum Gasteiger partial charge on any atom is -0.397 e. The van der Waals surface area contributed by atoms with Gasteiger partial charge in [-0.25, -0.2) is 0 Å². The highest BCUT2D eigenvalue weighted by molar-refractivity contribution is 5.95. The zero-order chi connectivity index (χ0) is 14.9. The van der Waals surface area contributed by atoms with Crippen LogP contribution >= 0.6 is 0 Å². The summed E-state index contributed by atoms with van der Waals surface area (Å²) in [6.45, 7) is 6.87. The zero-order valence-corrected chi connectivity index (χ0v) is 12.4. The van der Waals surface area contributed by atoms with Gasteiger partial charge in [-0.1, -0.05) is 0 Å². The molecule has 20 heavy (non-hydrogen) atoms. The lowest BCUT2D eigenvalue weighted by Gasteiger charge is -2.32. The number of carbonyl (C=O) groups is 1. The molecule has 0 saturated carbocycles. The first-order valence-corrected chi connectivity index (χ1v) is 6.99. The standard InChI is InChI=1S/C15H23N3O2/c1-4-18(9-15(2,3)20)13-7-10-5-6-14(19)17-12(10)8-11(13)16/h7-8,20H,4-6,9,16H2,1-3H3,(H,17,19). The van der Waals surface area contributed by atoms with Gasteiger partial charge in [0.25, 0.3) is 0 Å². The molecule has 1 aliphatic heterocycles. The van der Waals surface area contributed by atoms with Crippen LogP contribution in [0.1, 0.15) is 32.8 Å². The Morgan fingerprint density at radius 2 is 2.10 bits per heavy atom. The Labute approximate surface area is 119 Å². The van der Waals surface area contributed by atoms with Crippen LogP contribution in [0.3, 0.4) is 0 Å². The number of hydrogen-bond acceptors (Lipinski definition) is 4. The minimum absolute atomic E-state index is 0.0356. The molecule has 0 unspecified atom stereocenters. The number of likely N-dealkylation sites (N-methyl/N-ethyl adjacent to an activating group) is 1. The van der Waals surface area contributed by atoms with Gasteiger partial charge >= 0.3 is 0 Å². The number of nitrogens with zero attached hydrogens (tertiary/aromatic N) is 1. The largest absolute Gasteiger partial charge is 0.397 e. The van der Waals surface area contributed by atoms with Crippen molar-refractivity contribution in [2.45, 2.75) is 39.2 Å². The third-order valence-electron chi connectivity index (χ3n) is 3.45. The summed E-state index contributed by atoms with van der Waals surface area (Å²) in [4.78, 5) is 13.5. The summed E-state index contributed by atoms with van der Waals surface area (Å²) < 4.78 is 0. The number of aryl methyl sites for hydroxylation is 1. The highest BCUT2D eigenvalue weighted by Gasteiger charge is 2.22. The van der Waals surface area contributed by atoms with Crippen molar-refractivity contribution in [3.63, 3.8) is 0 Å². The quantitative estimate of drug-likeness (QED) is 0.733. The van der Waals surface area contributed by atoms with Gasteiger partial charge in [-0.15, -0.1) is 0 Å². The van der Waals surface area contributed by atoms with E-state index in [4.69, 9.17) is 5.73 Å². The minimum atomic E-state index is -0.785. The van der Waals surface area contributed by atoms with Crippen molar-refractivity contribution in [3.8, 4) is 0 Å². The maximum absolute atomic E-state index is 11.4. The second-order valence-electron chi connectivity index (χ2n) is 5.94. The molecule has 0 aliphatic carbocycles. The number of anilines is 3. The van der Waals surface area contributed by atoms with Crippen LogP contribution in [-0.4, -0.2) is 29.7 Å². The van der Waals surface area contributed by atoms with E-state index in [1.165, 1.54) is 0 Å². The molecule has 0 spiro atoms. The van der Waals surface area contributed by atoms with E-state index in [1.807, 2.05) is 19.1 Å². The molecule has 0 bridgehead atoms. The monoisotopic (exact) mass is 277 g/mol. The van der Waals surface area contributed by atoms with E-state index in [0.717, 1.165) is 29.9 Å². The van der Waals surface area contributed by atoms with E-state index < -0.39 is 5.60 Å². The van der Waals surface area contributed by atoms with Crippen molar-refractivity contribution >= 4 is 23.0 Å². The molecule has 1 heterocycles. The summed E-state index contributed by atoms with van der Waals surface area (Å²) in [5.74, 6) is 0.0356. The molecule has 0 saturated heterocycles. The van der Waals surface area contributed by atoms with Crippen LogP contribution in [0.25, 0.3) is 0 Å². The number of nitrogen functional groups attached to an aromatic ring is 1. The molecule has 1 aliphatic rings. The van der Waals surface area contributed by atoms with Gasteiger partial charge in [0.1, 0.15) is 0 Å². The molecule has 0 radical (unpaired) electrons. The molecule has 1 amide bonds. The summed E-state index contributed by atoms with van der Waals surface area (Å²) in [5, 5.41) is 12.9. The Balaban J connectivity index is 2.34. The SMILES string of the molecule is CCN(CC(C)(C)O)c1cc2c(cc1N)NC(=O)CC2. The van der Waals surface area contributed by atoms with Crippen LogP contribution in [0.5, 0.6) is 0 Å². The molecular formula is C15H23N3O2. The maximum atomic E-state index is 11.4. The second kappa shape index (κ2) is 5.32. The van der Waals surface area contributed by atoms with E-state index in [1.54, 1.807) is 13.8 Å². The Kier molecular flexibility index (Phi) is 3.90. The van der Waals surface area contributed by atoms with E-state index in [0.29, 0.717) is 18.7 Å². The summed E-state index contributed by atoms with van der Waals surface area (Å²) in [7, 11) is 0. The van der Waals surface area contributed by atoms with Gasteiger partial charge in [0.2, 0.25) is 5.91 Å². The van der Waals surface area contributed by atoms with Gasteiger partial charge < -0.3 is 21.1 Å². The van der Waals surface area contributed by atoms with E-state index in [2.05, 4.69) is 10.2 Å². The van der Waals surface area contributed by atoms with Gasteiger partial charge in [0.15, 0.2) is 0 Å². The molecule has 110 valence electrons. The lowest BCUT2D eigenvalue weighted by molar-refractivity contribution is -0.116. The van der Waals surface area contributed by atoms with Crippen molar-refractivity contribution in [2.24, 2.45) is 0 Å². The fourth-order valence-electron chi connectivity index (χ4n) is 2.54. The summed E-state index contributed by atoms with van der Waals surface area (Å²) >= 11 is 0. The third-order valence-corrected chi connectivity index (χ3v) is 3.45. The second-order valence-corrected chi connectivity index (χ2v) is 5.94. The van der Waals surface area contributed by atoms with Crippen molar-refractivity contribution in [1.29, 1.82) is 0 Å². The van der Waals surface area contributed by atoms with Crippen LogP contribution in [-0.2, 0) is 11.2 Å². The maximum Gasteiger partial charge on any atom is 0.224 e. The van der Waals surface area contributed by atoms with Crippen LogP contribution in [0.2, 0.25) is 0 Å². The molecule has 1 aromatic carbocycles. The van der Waals surface area contributed by atoms with E-state index in [-0.39, 0.29) is 5.91 Å². The smallest absolute Gasteiger partial charge is 0.224 e. The fourth-order valence-corrected chi connectivity index (χ4v) is 2.54. The van der Waals surface area contributed by atoms with Crippen molar-refractivity contribution < 1.29 is 9.90 Å². The molecule has 0 aromatic heterocycles. The predicted octanol–water partition coefficient (Wildman–Crippen LogP) is 1.75. The lowest BCUT2D eigenvalue weighted by atomic mass is 10.00. The Hall–Kier alpha value is -1.75. The highest BCUT2D eigenvalue weighted by atomic mass is 16.3. The number of rotatable bonds is 4. The van der Waals surface area contributed by atoms with E-state index in [9.17, 15) is 9.90 Å². The Morgan fingerprint density at radius 3 is 2.70 bits per heavy atom. The summed E-state index contributed by atoms with van der Waals surface area (Å²) in [6, 6.07) is 3.84. The molecule has 0 atom stereocenters. The van der Waals surface area contributed by atoms with Crippen LogP contribution < -0.4 is 16.0 Å². The predicted molar refractivity (Wildman–Crippen MR) is 82.0 cm³/mol. The average molecular weight is 277 g/mol. The third kappa shape index (κ3) is 3.22. The number of aliphatic hydroxyl groups is 1. The molecule has 4 N–H and O–H groups in total. The zero-order valence-electron chi connectivity index (χ0n) is 12.4. The molecule has 5 heteroatoms. The topological polar surface area (TPSA) is 78.6 Å². The van der Waals surface area contributed by atoms with Crippen molar-refractivity contribution in [1.82, 2.24) is 0 Å². The van der Waals surface area contributed by atoms with Gasteiger partial charge in [0, 0.05) is 25.2 Å². The fraction of sp³-hybridized carbons (Fsp3) is 0.533. The van der Waals surface area contributed by atoms with Gasteiger partial charge in [-0.05, 0) is 44.9 Å². The first kappa shape index (κ1) is 14.7. The molecule has 5 nitrogen and oxygen atoms in total. The first-order chi connectivity index (χ1) is 9.30. The number of fused-ring (bicyclic) bond motifs is 1. The van der Waals surface area contributed by atoms with Gasteiger partial charge in [-0.3, -0.25) is 4.79 Å². The van der Waals surface area contributed by atoms with Crippen LogP contribution in [0, 0.1) is 0 Å². The molecule has 0 fully saturated rings. The number of nitrogens with two attached hydrogens (primary N) is 1. The number of carbonyl (C=O) groups excluding carboxylic acids is 1. The van der Waals surface area contributed by atoms with Crippen LogP contribution in [0.4, 0.5) is 17.1 Å². The van der Waals surface area contributed by atoms with Crippen molar-refractivity contribution in [3.05, 3.63) is 17.7 Å². The summed E-state index contributed by atoms with van der Waals surface area (Å²) in [5.41, 5.74) is 8.78. The molecule has 2 rings (SSSR count). The van der Waals surface area contributed by atoms with Gasteiger partial charge in [0.05, 0.1) is 17.0 Å². The first-order valence-electron chi connectivity index (χ1n) is 6.99. The molecular weight excluding hydrogens is 254 g/mol. The van der Waals surface area contributed by atoms with Crippen LogP contribution in [0.15, 0.2) is 12.1 Å². The van der Waals surface area contributed by atoms with Gasteiger partial charge in [-0.2, -0.15) is 0 Å². The highest BCUT2D eigenvalue weighted by Crippen LogP contribution is 2.33. The number of nitrogens with one attached hydrogen (secondary N) is 1. The van der Waals surface area contributed by atoms with Crippen molar-refractivity contribution in [2.75, 3.05) is 29.0 Å². The molecule has 1 aromatic rings. The average Bonchev–Trinajstić information content (AvgIpc) is 2.34. The Morgan fingerprint density at radius 1 is 1.40 bits per heavy atom. The summed E-state index contributed by atoms with van der Waals surface area (Å²) in [6.07, 6.45) is 1.24.